The fraction of sp³-hybridized carbons (Fsp3) is 0.143. The number of pyridine rings is 1. The number of anilines is 1. The van der Waals surface area contributed by atoms with E-state index in [1.165, 1.54) is 0 Å². The summed E-state index contributed by atoms with van der Waals surface area (Å²) in [6, 6.07) is 0.935. The lowest BCUT2D eigenvalue weighted by Gasteiger charge is -2.05. The standard InChI is InChI=1S/C7H6F2N2O2/c8-5(9)3-1-2-11-6(10)4(3)7(12)13/h1-2,5H,(H2,10,11)(H,12,13). The lowest BCUT2D eigenvalue weighted by molar-refractivity contribution is 0.0685. The number of carboxylic acid groups (broad SMARTS) is 1. The molecule has 0 bridgehead atoms. The second kappa shape index (κ2) is 3.34. The number of hydrogen-bond donors (Lipinski definition) is 2. The van der Waals surface area contributed by atoms with Crippen molar-refractivity contribution in [1.29, 1.82) is 0 Å². The average molecular weight is 188 g/mol. The summed E-state index contributed by atoms with van der Waals surface area (Å²) >= 11 is 0. The van der Waals surface area contributed by atoms with Crippen molar-refractivity contribution in [3.63, 3.8) is 0 Å². The van der Waals surface area contributed by atoms with E-state index in [9.17, 15) is 13.6 Å². The van der Waals surface area contributed by atoms with Gasteiger partial charge in [-0.2, -0.15) is 0 Å². The van der Waals surface area contributed by atoms with Crippen LogP contribution in [0.3, 0.4) is 0 Å². The summed E-state index contributed by atoms with van der Waals surface area (Å²) in [4.78, 5) is 13.9. The van der Waals surface area contributed by atoms with Gasteiger partial charge in [-0.3, -0.25) is 0 Å². The van der Waals surface area contributed by atoms with Gasteiger partial charge in [0.1, 0.15) is 11.4 Å². The molecule has 0 aromatic carbocycles. The zero-order valence-electron chi connectivity index (χ0n) is 6.37. The quantitative estimate of drug-likeness (QED) is 0.733. The number of rotatable bonds is 2. The van der Waals surface area contributed by atoms with Crippen molar-refractivity contribution in [3.05, 3.63) is 23.4 Å². The minimum atomic E-state index is -2.86. The number of aromatic nitrogens is 1. The third kappa shape index (κ3) is 1.71. The van der Waals surface area contributed by atoms with Crippen molar-refractivity contribution < 1.29 is 18.7 Å². The molecule has 1 rings (SSSR count). The summed E-state index contributed by atoms with van der Waals surface area (Å²) in [6.07, 6.45) is -1.82. The second-order valence-corrected chi connectivity index (χ2v) is 2.27. The molecule has 0 aliphatic carbocycles. The molecule has 1 heterocycles. The van der Waals surface area contributed by atoms with E-state index in [2.05, 4.69) is 4.98 Å². The molecule has 0 spiro atoms. The van der Waals surface area contributed by atoms with Crippen molar-refractivity contribution in [2.75, 3.05) is 5.73 Å². The average Bonchev–Trinajstić information content (AvgIpc) is 2.02. The number of alkyl halides is 2. The van der Waals surface area contributed by atoms with Crippen LogP contribution in [0, 0.1) is 0 Å². The van der Waals surface area contributed by atoms with Gasteiger partial charge in [-0.25, -0.2) is 18.6 Å². The van der Waals surface area contributed by atoms with Crippen LogP contribution in [-0.4, -0.2) is 16.1 Å². The van der Waals surface area contributed by atoms with Crippen LogP contribution in [0.5, 0.6) is 0 Å². The normalized spacial score (nSPS) is 10.4. The summed E-state index contributed by atoms with van der Waals surface area (Å²) in [5.41, 5.74) is 3.90. The molecule has 70 valence electrons. The smallest absolute Gasteiger partial charge is 0.339 e. The van der Waals surface area contributed by atoms with Gasteiger partial charge in [0, 0.05) is 11.8 Å². The Kier molecular flexibility index (Phi) is 2.41. The largest absolute Gasteiger partial charge is 0.478 e. The SMILES string of the molecule is Nc1nccc(C(F)F)c1C(=O)O. The first-order valence-electron chi connectivity index (χ1n) is 3.30. The lowest BCUT2D eigenvalue weighted by Crippen LogP contribution is -2.08. The Morgan fingerprint density at radius 2 is 2.23 bits per heavy atom. The van der Waals surface area contributed by atoms with Gasteiger partial charge in [0.15, 0.2) is 0 Å². The molecule has 4 nitrogen and oxygen atoms in total. The van der Waals surface area contributed by atoms with Crippen molar-refractivity contribution >= 4 is 11.8 Å². The first-order chi connectivity index (χ1) is 6.04. The molecule has 0 radical (unpaired) electrons. The van der Waals surface area contributed by atoms with Gasteiger partial charge in [-0.05, 0) is 6.07 Å². The molecular weight excluding hydrogens is 182 g/mol. The number of halogens is 2. The predicted molar refractivity (Wildman–Crippen MR) is 40.6 cm³/mol. The summed E-state index contributed by atoms with van der Waals surface area (Å²) in [6.45, 7) is 0. The van der Waals surface area contributed by atoms with Crippen molar-refractivity contribution in [2.45, 2.75) is 6.43 Å². The zero-order valence-corrected chi connectivity index (χ0v) is 6.37. The molecule has 0 fully saturated rings. The van der Waals surface area contributed by atoms with E-state index in [0.717, 1.165) is 12.3 Å². The van der Waals surface area contributed by atoms with E-state index in [1.54, 1.807) is 0 Å². The fourth-order valence-corrected chi connectivity index (χ4v) is 0.909. The number of nitrogens with two attached hydrogens (primary N) is 1. The van der Waals surface area contributed by atoms with E-state index in [0.29, 0.717) is 0 Å². The van der Waals surface area contributed by atoms with Crippen molar-refractivity contribution in [3.8, 4) is 0 Å². The van der Waals surface area contributed by atoms with Gasteiger partial charge in [0.25, 0.3) is 6.43 Å². The molecule has 0 atom stereocenters. The Bertz CT molecular complexity index is 341. The van der Waals surface area contributed by atoms with Crippen LogP contribution in [0.4, 0.5) is 14.6 Å². The molecule has 0 amide bonds. The van der Waals surface area contributed by atoms with E-state index in [-0.39, 0.29) is 0 Å². The number of hydrogen-bond acceptors (Lipinski definition) is 3. The minimum absolute atomic E-state index is 0.398. The third-order valence-electron chi connectivity index (χ3n) is 1.46. The van der Waals surface area contributed by atoms with Crippen LogP contribution in [-0.2, 0) is 0 Å². The van der Waals surface area contributed by atoms with Crippen LogP contribution in [0.1, 0.15) is 22.3 Å². The number of nitrogen functional groups attached to an aromatic ring is 1. The maximum absolute atomic E-state index is 12.2. The highest BCUT2D eigenvalue weighted by Crippen LogP contribution is 2.25. The highest BCUT2D eigenvalue weighted by Gasteiger charge is 2.20. The maximum Gasteiger partial charge on any atom is 0.339 e. The number of aromatic carboxylic acids is 1. The van der Waals surface area contributed by atoms with Gasteiger partial charge in [0.05, 0.1) is 0 Å². The Morgan fingerprint density at radius 1 is 1.62 bits per heavy atom. The lowest BCUT2D eigenvalue weighted by atomic mass is 10.1. The summed E-state index contributed by atoms with van der Waals surface area (Å²) in [5, 5.41) is 8.54. The zero-order chi connectivity index (χ0) is 10.0. The van der Waals surface area contributed by atoms with Gasteiger partial charge in [0.2, 0.25) is 0 Å². The summed E-state index contributed by atoms with van der Waals surface area (Å²) in [5.74, 6) is -1.90. The molecule has 0 saturated carbocycles. The van der Waals surface area contributed by atoms with Crippen LogP contribution in [0.25, 0.3) is 0 Å². The molecule has 1 aromatic heterocycles. The van der Waals surface area contributed by atoms with Gasteiger partial charge < -0.3 is 10.8 Å². The number of nitrogens with zero attached hydrogens (tertiary/aromatic N) is 1. The van der Waals surface area contributed by atoms with E-state index in [1.807, 2.05) is 0 Å². The molecule has 3 N–H and O–H groups in total. The summed E-state index contributed by atoms with van der Waals surface area (Å²) in [7, 11) is 0. The molecule has 0 aliphatic heterocycles. The molecular formula is C7H6F2N2O2. The minimum Gasteiger partial charge on any atom is -0.478 e. The first kappa shape index (κ1) is 9.37. The highest BCUT2D eigenvalue weighted by molar-refractivity contribution is 5.94. The van der Waals surface area contributed by atoms with Crippen LogP contribution in [0.15, 0.2) is 12.3 Å². The topological polar surface area (TPSA) is 76.2 Å². The van der Waals surface area contributed by atoms with Crippen molar-refractivity contribution in [2.24, 2.45) is 0 Å². The van der Waals surface area contributed by atoms with Crippen LogP contribution >= 0.6 is 0 Å². The predicted octanol–water partition coefficient (Wildman–Crippen LogP) is 1.30. The van der Waals surface area contributed by atoms with Crippen molar-refractivity contribution in [1.82, 2.24) is 4.98 Å². The molecule has 1 aromatic rings. The third-order valence-corrected chi connectivity index (χ3v) is 1.46. The number of carbonyl (C=O) groups is 1. The van der Waals surface area contributed by atoms with Gasteiger partial charge in [-0.1, -0.05) is 0 Å². The molecule has 0 unspecified atom stereocenters. The first-order valence-corrected chi connectivity index (χ1v) is 3.30. The fourth-order valence-electron chi connectivity index (χ4n) is 0.909. The van der Waals surface area contributed by atoms with E-state index >= 15 is 0 Å². The second-order valence-electron chi connectivity index (χ2n) is 2.27. The Hall–Kier alpha value is -1.72. The van der Waals surface area contributed by atoms with E-state index in [4.69, 9.17) is 10.8 Å². The van der Waals surface area contributed by atoms with Gasteiger partial charge >= 0.3 is 5.97 Å². The van der Waals surface area contributed by atoms with Gasteiger partial charge in [-0.15, -0.1) is 0 Å². The van der Waals surface area contributed by atoms with Crippen LogP contribution in [0.2, 0.25) is 0 Å². The Balaban J connectivity index is 3.34. The summed E-state index contributed by atoms with van der Waals surface area (Å²) < 4.78 is 24.4. The van der Waals surface area contributed by atoms with E-state index < -0.39 is 29.3 Å². The maximum atomic E-state index is 12.2. The monoisotopic (exact) mass is 188 g/mol. The molecule has 0 aliphatic rings. The number of carboxylic acids is 1. The Labute approximate surface area is 72.0 Å². The highest BCUT2D eigenvalue weighted by atomic mass is 19.3. The molecule has 13 heavy (non-hydrogen) atoms. The van der Waals surface area contributed by atoms with Crippen LogP contribution < -0.4 is 5.73 Å². The Morgan fingerprint density at radius 3 is 2.62 bits per heavy atom. The molecule has 0 saturated heterocycles. The molecule has 6 heteroatoms.